The number of thioether (sulfide) groups is 1. The third kappa shape index (κ3) is 2.68. The van der Waals surface area contributed by atoms with Gasteiger partial charge in [0.1, 0.15) is 0 Å². The average molecular weight is 374 g/mol. The molecular formula is C20H27N3O2S. The Kier molecular flexibility index (Phi) is 4.05. The normalized spacial score (nSPS) is 38.2. The van der Waals surface area contributed by atoms with E-state index in [0.717, 1.165) is 32.1 Å². The summed E-state index contributed by atoms with van der Waals surface area (Å²) in [4.78, 5) is 24.3. The fourth-order valence-electron chi connectivity index (χ4n) is 6.30. The van der Waals surface area contributed by atoms with E-state index in [1.807, 2.05) is 6.26 Å². The van der Waals surface area contributed by atoms with Gasteiger partial charge in [-0.2, -0.15) is 0 Å². The third-order valence-corrected chi connectivity index (χ3v) is 7.85. The van der Waals surface area contributed by atoms with Gasteiger partial charge in [0.05, 0.1) is 11.2 Å². The van der Waals surface area contributed by atoms with Gasteiger partial charge >= 0.3 is 0 Å². The van der Waals surface area contributed by atoms with Gasteiger partial charge in [0, 0.05) is 24.5 Å². The molecule has 5 aliphatic rings. The minimum atomic E-state index is -0.454. The zero-order chi connectivity index (χ0) is 17.9. The number of aliphatic hydroxyl groups is 1. The molecule has 1 amide bonds. The van der Waals surface area contributed by atoms with Crippen molar-refractivity contribution < 1.29 is 9.90 Å². The van der Waals surface area contributed by atoms with E-state index < -0.39 is 5.60 Å². The van der Waals surface area contributed by atoms with Crippen LogP contribution in [0.5, 0.6) is 0 Å². The number of rotatable bonds is 4. The maximum atomic E-state index is 13.5. The van der Waals surface area contributed by atoms with Crippen molar-refractivity contribution in [3.05, 3.63) is 18.0 Å². The number of hydrogen-bond acceptors (Lipinski definition) is 5. The molecule has 0 saturated heterocycles. The Hall–Kier alpha value is -1.14. The first-order chi connectivity index (χ1) is 12.6. The second-order valence-corrected chi connectivity index (χ2v) is 9.71. The maximum Gasteiger partial charge on any atom is 0.257 e. The number of carbonyl (C=O) groups excluding carboxylic acids is 1. The Labute approximate surface area is 159 Å². The van der Waals surface area contributed by atoms with E-state index in [1.54, 1.807) is 12.4 Å². The fourth-order valence-corrected chi connectivity index (χ4v) is 6.62. The first kappa shape index (κ1) is 17.0. The molecule has 5 aliphatic carbocycles. The molecule has 5 saturated carbocycles. The van der Waals surface area contributed by atoms with E-state index in [1.165, 1.54) is 31.0 Å². The maximum absolute atomic E-state index is 13.5. The van der Waals surface area contributed by atoms with Crippen LogP contribution in [0.4, 0.5) is 0 Å². The van der Waals surface area contributed by atoms with E-state index in [0.29, 0.717) is 40.6 Å². The van der Waals surface area contributed by atoms with Gasteiger partial charge in [-0.15, -0.1) is 0 Å². The van der Waals surface area contributed by atoms with Crippen LogP contribution in [0.3, 0.4) is 0 Å². The molecule has 1 N–H and O–H groups in total. The molecule has 0 aromatic carbocycles. The number of aromatic nitrogens is 2. The molecule has 1 aromatic rings. The van der Waals surface area contributed by atoms with E-state index in [4.69, 9.17) is 0 Å². The minimum Gasteiger partial charge on any atom is -0.390 e. The zero-order valence-corrected chi connectivity index (χ0v) is 16.1. The summed E-state index contributed by atoms with van der Waals surface area (Å²) in [6.07, 6.45) is 13.9. The Morgan fingerprint density at radius 3 is 2.35 bits per heavy atom. The van der Waals surface area contributed by atoms with Crippen molar-refractivity contribution in [3.8, 4) is 0 Å². The highest BCUT2D eigenvalue weighted by atomic mass is 32.2. The molecule has 2 atom stereocenters. The van der Waals surface area contributed by atoms with Crippen LogP contribution in [-0.2, 0) is 0 Å². The van der Waals surface area contributed by atoms with E-state index in [2.05, 4.69) is 14.9 Å². The van der Waals surface area contributed by atoms with Gasteiger partial charge in [-0.25, -0.2) is 9.97 Å². The second kappa shape index (κ2) is 6.20. The van der Waals surface area contributed by atoms with E-state index in [-0.39, 0.29) is 5.91 Å². The first-order valence-electron chi connectivity index (χ1n) is 9.97. The minimum absolute atomic E-state index is 0.104. The second-order valence-electron chi connectivity index (χ2n) is 8.94. The van der Waals surface area contributed by atoms with Crippen LogP contribution < -0.4 is 0 Å². The largest absolute Gasteiger partial charge is 0.390 e. The predicted octanol–water partition coefficient (Wildman–Crippen LogP) is 3.13. The lowest BCUT2D eigenvalue weighted by atomic mass is 9.51. The molecule has 5 nitrogen and oxygen atoms in total. The van der Waals surface area contributed by atoms with Gasteiger partial charge in [-0.1, -0.05) is 11.8 Å². The number of carbonyl (C=O) groups is 1. The van der Waals surface area contributed by atoms with E-state index >= 15 is 0 Å². The summed E-state index contributed by atoms with van der Waals surface area (Å²) in [5, 5.41) is 11.6. The Morgan fingerprint density at radius 2 is 1.85 bits per heavy atom. The van der Waals surface area contributed by atoms with Gasteiger partial charge in [-0.3, -0.25) is 4.79 Å². The molecule has 0 aliphatic heterocycles. The van der Waals surface area contributed by atoms with Crippen LogP contribution in [0.25, 0.3) is 0 Å². The summed E-state index contributed by atoms with van der Waals surface area (Å²) in [7, 11) is 0. The number of amides is 1. The highest BCUT2D eigenvalue weighted by molar-refractivity contribution is 7.98. The summed E-state index contributed by atoms with van der Waals surface area (Å²) in [6, 6.07) is 0.657. The van der Waals surface area contributed by atoms with Gasteiger partial charge < -0.3 is 10.0 Å². The van der Waals surface area contributed by atoms with Gasteiger partial charge in [-0.05, 0) is 75.4 Å². The van der Waals surface area contributed by atoms with Crippen molar-refractivity contribution in [1.29, 1.82) is 0 Å². The number of nitrogens with zero attached hydrogens (tertiary/aromatic N) is 3. The molecule has 1 aromatic heterocycles. The predicted molar refractivity (Wildman–Crippen MR) is 99.9 cm³/mol. The van der Waals surface area contributed by atoms with Gasteiger partial charge in [0.15, 0.2) is 5.16 Å². The standard InChI is InChI=1S/C20H27N3O2S/c1-26-19-21-10-15(11-22-19)18(24)23(16-3-2-4-16)17-13-5-12-6-14(17)9-20(25,7-12)8-13/h10-14,16-17,25H,2-9H2,1H3. The molecule has 4 bridgehead atoms. The molecule has 0 spiro atoms. The third-order valence-electron chi connectivity index (χ3n) is 7.27. The van der Waals surface area contributed by atoms with Crippen molar-refractivity contribution in [2.24, 2.45) is 17.8 Å². The van der Waals surface area contributed by atoms with Crippen molar-refractivity contribution >= 4 is 17.7 Å². The molecule has 140 valence electrons. The lowest BCUT2D eigenvalue weighted by molar-refractivity contribution is -0.161. The lowest BCUT2D eigenvalue weighted by Gasteiger charge is -2.61. The Balaban J connectivity index is 1.45. The summed E-state index contributed by atoms with van der Waals surface area (Å²) < 4.78 is 0. The van der Waals surface area contributed by atoms with Crippen LogP contribution in [0, 0.1) is 17.8 Å². The van der Waals surface area contributed by atoms with Crippen LogP contribution in [0.15, 0.2) is 17.6 Å². The fraction of sp³-hybridized carbons (Fsp3) is 0.750. The zero-order valence-electron chi connectivity index (χ0n) is 15.3. The highest BCUT2D eigenvalue weighted by Crippen LogP contribution is 2.57. The van der Waals surface area contributed by atoms with Gasteiger partial charge in [0.25, 0.3) is 5.91 Å². The molecule has 1 heterocycles. The summed E-state index contributed by atoms with van der Waals surface area (Å²) in [5.41, 5.74) is 0.159. The summed E-state index contributed by atoms with van der Waals surface area (Å²) in [6.45, 7) is 0. The Bertz CT molecular complexity index is 690. The molecular weight excluding hydrogens is 346 g/mol. The monoisotopic (exact) mass is 373 g/mol. The van der Waals surface area contributed by atoms with Crippen LogP contribution >= 0.6 is 11.8 Å². The molecule has 26 heavy (non-hydrogen) atoms. The highest BCUT2D eigenvalue weighted by Gasteiger charge is 2.57. The quantitative estimate of drug-likeness (QED) is 0.649. The molecule has 6 rings (SSSR count). The lowest BCUT2D eigenvalue weighted by Crippen LogP contribution is -2.65. The Morgan fingerprint density at radius 1 is 1.19 bits per heavy atom. The molecule has 6 heteroatoms. The van der Waals surface area contributed by atoms with Gasteiger partial charge in [0.2, 0.25) is 0 Å². The summed E-state index contributed by atoms with van der Waals surface area (Å²) >= 11 is 1.49. The van der Waals surface area contributed by atoms with Crippen molar-refractivity contribution in [1.82, 2.24) is 14.9 Å². The smallest absolute Gasteiger partial charge is 0.257 e. The van der Waals surface area contributed by atoms with Crippen LogP contribution in [0.1, 0.15) is 61.7 Å². The van der Waals surface area contributed by atoms with Crippen LogP contribution in [0.2, 0.25) is 0 Å². The summed E-state index contributed by atoms with van der Waals surface area (Å²) in [5.74, 6) is 1.69. The number of hydrogen-bond donors (Lipinski definition) is 1. The van der Waals surface area contributed by atoms with E-state index in [9.17, 15) is 9.90 Å². The average Bonchev–Trinajstić information content (AvgIpc) is 2.57. The van der Waals surface area contributed by atoms with Crippen LogP contribution in [-0.4, -0.2) is 49.8 Å². The molecule has 0 radical (unpaired) electrons. The van der Waals surface area contributed by atoms with Crippen molar-refractivity contribution in [3.63, 3.8) is 0 Å². The topological polar surface area (TPSA) is 66.3 Å². The van der Waals surface area contributed by atoms with Crippen molar-refractivity contribution in [2.75, 3.05) is 6.26 Å². The molecule has 2 unspecified atom stereocenters. The first-order valence-corrected chi connectivity index (χ1v) is 11.2. The SMILES string of the molecule is CSc1ncc(C(=O)N(C2CCC2)C2C3CC4CC2CC(O)(C4)C3)cn1. The van der Waals surface area contributed by atoms with Crippen molar-refractivity contribution in [2.45, 2.75) is 74.2 Å². The molecule has 5 fully saturated rings.